The van der Waals surface area contributed by atoms with Gasteiger partial charge in [-0.15, -0.1) is 0 Å². The van der Waals surface area contributed by atoms with Crippen molar-refractivity contribution >= 4 is 23.3 Å². The molecular formula is C23H36N6O2. The van der Waals surface area contributed by atoms with E-state index in [2.05, 4.69) is 27.2 Å². The molecule has 0 saturated carbocycles. The molecule has 0 spiro atoms. The molecule has 0 radical (unpaired) electrons. The summed E-state index contributed by atoms with van der Waals surface area (Å²) >= 11 is 0. The molecule has 0 bridgehead atoms. The lowest BCUT2D eigenvalue weighted by Crippen LogP contribution is -2.30. The number of carboxylic acid groups (broad SMARTS) is 1. The summed E-state index contributed by atoms with van der Waals surface area (Å²) < 4.78 is 0. The van der Waals surface area contributed by atoms with Crippen molar-refractivity contribution in [1.29, 1.82) is 0 Å². The van der Waals surface area contributed by atoms with Crippen molar-refractivity contribution in [2.75, 3.05) is 43.5 Å². The Hall–Kier alpha value is -2.87. The monoisotopic (exact) mass is 428 g/mol. The highest BCUT2D eigenvalue weighted by molar-refractivity contribution is 5.88. The standard InChI is InChI=1S/C15H24N4O2.C8H12N2/c1-11-13(14(20)21)10-17-15(18-11)16-7-3-4-12-5-8-19(2)9-6-12;1-5-3-6(2)8(10)7(9)4-5/h10,12H,3-9H2,1-2H3,(H,20,21)(H,16,17,18);3-4H,9-10H2,1-2H3. The number of aryl methyl sites for hydroxylation is 3. The number of hydrogen-bond donors (Lipinski definition) is 4. The predicted molar refractivity (Wildman–Crippen MR) is 126 cm³/mol. The number of benzene rings is 1. The molecule has 0 atom stereocenters. The van der Waals surface area contributed by atoms with E-state index in [-0.39, 0.29) is 5.56 Å². The molecule has 1 aromatic heterocycles. The number of aromatic carboxylic acids is 1. The Kier molecular flexibility index (Phi) is 9.05. The van der Waals surface area contributed by atoms with Crippen molar-refractivity contribution < 1.29 is 9.90 Å². The highest BCUT2D eigenvalue weighted by Crippen LogP contribution is 2.21. The summed E-state index contributed by atoms with van der Waals surface area (Å²) in [6.07, 6.45) is 6.27. The van der Waals surface area contributed by atoms with Crippen molar-refractivity contribution in [3.63, 3.8) is 0 Å². The highest BCUT2D eigenvalue weighted by Gasteiger charge is 2.16. The van der Waals surface area contributed by atoms with Crippen LogP contribution < -0.4 is 16.8 Å². The van der Waals surface area contributed by atoms with Crippen molar-refractivity contribution in [3.8, 4) is 0 Å². The van der Waals surface area contributed by atoms with Crippen LogP contribution in [0.3, 0.4) is 0 Å². The molecule has 170 valence electrons. The summed E-state index contributed by atoms with van der Waals surface area (Å²) in [5.74, 6) is 0.363. The summed E-state index contributed by atoms with van der Waals surface area (Å²) in [7, 11) is 2.18. The first-order valence-electron chi connectivity index (χ1n) is 10.8. The highest BCUT2D eigenvalue weighted by atomic mass is 16.4. The van der Waals surface area contributed by atoms with Crippen LogP contribution in [0.25, 0.3) is 0 Å². The fraction of sp³-hybridized carbons (Fsp3) is 0.522. The zero-order valence-corrected chi connectivity index (χ0v) is 19.1. The largest absolute Gasteiger partial charge is 0.478 e. The second kappa shape index (κ2) is 11.5. The average Bonchev–Trinajstić information content (AvgIpc) is 2.71. The summed E-state index contributed by atoms with van der Waals surface area (Å²) in [4.78, 5) is 21.5. The van der Waals surface area contributed by atoms with Gasteiger partial charge in [-0.05, 0) is 89.7 Å². The number of likely N-dealkylation sites (tertiary alicyclic amines) is 1. The first-order valence-corrected chi connectivity index (χ1v) is 10.8. The van der Waals surface area contributed by atoms with E-state index in [1.54, 1.807) is 6.92 Å². The van der Waals surface area contributed by atoms with Crippen LogP contribution in [0.4, 0.5) is 17.3 Å². The number of aromatic nitrogens is 2. The van der Waals surface area contributed by atoms with Gasteiger partial charge < -0.3 is 26.8 Å². The lowest BCUT2D eigenvalue weighted by atomic mass is 9.92. The van der Waals surface area contributed by atoms with E-state index in [1.165, 1.54) is 38.5 Å². The number of piperidine rings is 1. The van der Waals surface area contributed by atoms with Crippen molar-refractivity contribution in [2.45, 2.75) is 46.5 Å². The lowest BCUT2D eigenvalue weighted by Gasteiger charge is -2.28. The van der Waals surface area contributed by atoms with Crippen LogP contribution in [0.5, 0.6) is 0 Å². The molecule has 3 rings (SSSR count). The molecule has 1 saturated heterocycles. The molecule has 8 nitrogen and oxygen atoms in total. The zero-order chi connectivity index (χ0) is 23.0. The maximum Gasteiger partial charge on any atom is 0.339 e. The normalized spacial score (nSPS) is 14.6. The fourth-order valence-corrected chi connectivity index (χ4v) is 3.72. The van der Waals surface area contributed by atoms with E-state index in [0.717, 1.165) is 30.0 Å². The Morgan fingerprint density at radius 1 is 1.23 bits per heavy atom. The number of hydrogen-bond acceptors (Lipinski definition) is 7. The molecule has 1 aliphatic heterocycles. The number of carboxylic acids is 1. The van der Waals surface area contributed by atoms with Crippen molar-refractivity contribution in [1.82, 2.24) is 14.9 Å². The molecule has 1 fully saturated rings. The molecular weight excluding hydrogens is 392 g/mol. The maximum absolute atomic E-state index is 10.9. The molecule has 8 heteroatoms. The van der Waals surface area contributed by atoms with Crippen LogP contribution in [0, 0.1) is 26.7 Å². The van der Waals surface area contributed by atoms with E-state index in [0.29, 0.717) is 23.0 Å². The van der Waals surface area contributed by atoms with Gasteiger partial charge in [-0.3, -0.25) is 0 Å². The lowest BCUT2D eigenvalue weighted by molar-refractivity contribution is 0.0695. The van der Waals surface area contributed by atoms with E-state index >= 15 is 0 Å². The number of nitrogens with zero attached hydrogens (tertiary/aromatic N) is 3. The van der Waals surface area contributed by atoms with Crippen LogP contribution in [0.1, 0.15) is 52.9 Å². The van der Waals surface area contributed by atoms with E-state index in [9.17, 15) is 4.79 Å². The van der Waals surface area contributed by atoms with Crippen molar-refractivity contribution in [2.24, 2.45) is 5.92 Å². The van der Waals surface area contributed by atoms with Gasteiger partial charge >= 0.3 is 5.97 Å². The van der Waals surface area contributed by atoms with Crippen molar-refractivity contribution in [3.05, 3.63) is 40.7 Å². The Morgan fingerprint density at radius 2 is 1.90 bits per heavy atom. The topological polar surface area (TPSA) is 130 Å². The molecule has 0 amide bonds. The van der Waals surface area contributed by atoms with Gasteiger partial charge in [0.05, 0.1) is 22.6 Å². The molecule has 0 unspecified atom stereocenters. The number of carbonyl (C=O) groups is 1. The van der Waals surface area contributed by atoms with Gasteiger partial charge in [0.25, 0.3) is 0 Å². The van der Waals surface area contributed by atoms with Crippen LogP contribution in [0.2, 0.25) is 0 Å². The molecule has 0 aliphatic carbocycles. The van der Waals surface area contributed by atoms with Gasteiger partial charge in [0.1, 0.15) is 0 Å². The minimum atomic E-state index is -0.985. The number of rotatable bonds is 6. The van der Waals surface area contributed by atoms with Crippen LogP contribution in [0.15, 0.2) is 18.3 Å². The quantitative estimate of drug-likeness (QED) is 0.406. The average molecular weight is 429 g/mol. The molecule has 1 aliphatic rings. The number of nitrogen functional groups attached to an aromatic ring is 2. The van der Waals surface area contributed by atoms with Gasteiger partial charge in [-0.25, -0.2) is 14.8 Å². The first-order chi connectivity index (χ1) is 14.7. The summed E-state index contributed by atoms with van der Waals surface area (Å²) in [5.41, 5.74) is 15.5. The van der Waals surface area contributed by atoms with E-state index in [1.807, 2.05) is 26.0 Å². The predicted octanol–water partition coefficient (Wildman–Crippen LogP) is 3.48. The zero-order valence-electron chi connectivity index (χ0n) is 19.1. The Bertz CT molecular complexity index is 855. The van der Waals surface area contributed by atoms with Gasteiger partial charge in [0.2, 0.25) is 5.95 Å². The fourth-order valence-electron chi connectivity index (χ4n) is 3.72. The third-order valence-corrected chi connectivity index (χ3v) is 5.68. The summed E-state index contributed by atoms with van der Waals surface area (Å²) in [5, 5.41) is 12.1. The summed E-state index contributed by atoms with van der Waals surface area (Å²) in [6.45, 7) is 8.89. The molecule has 2 heterocycles. The Morgan fingerprint density at radius 3 is 2.48 bits per heavy atom. The van der Waals surface area contributed by atoms with E-state index in [4.69, 9.17) is 16.6 Å². The first kappa shape index (κ1) is 24.4. The Balaban J connectivity index is 0.000000285. The molecule has 31 heavy (non-hydrogen) atoms. The SMILES string of the molecule is Cc1cc(C)c(N)c(N)c1.Cc1nc(NCCCC2CCN(C)CC2)ncc1C(=O)O. The van der Waals surface area contributed by atoms with Gasteiger partial charge in [0.15, 0.2) is 0 Å². The number of anilines is 3. The van der Waals surface area contributed by atoms with Crippen LogP contribution in [-0.4, -0.2) is 52.6 Å². The summed E-state index contributed by atoms with van der Waals surface area (Å²) in [6, 6.07) is 3.90. The molecule has 6 N–H and O–H groups in total. The maximum atomic E-state index is 10.9. The third-order valence-electron chi connectivity index (χ3n) is 5.68. The minimum Gasteiger partial charge on any atom is -0.478 e. The van der Waals surface area contributed by atoms with Crippen LogP contribution in [-0.2, 0) is 0 Å². The van der Waals surface area contributed by atoms with Gasteiger partial charge in [-0.2, -0.15) is 0 Å². The molecule has 1 aromatic carbocycles. The Labute approximate surface area is 185 Å². The van der Waals surface area contributed by atoms with E-state index < -0.39 is 5.97 Å². The number of nitrogens with one attached hydrogen (secondary N) is 1. The van der Waals surface area contributed by atoms with Crippen LogP contribution >= 0.6 is 0 Å². The number of nitrogens with two attached hydrogens (primary N) is 2. The second-order valence-electron chi connectivity index (χ2n) is 8.40. The van der Waals surface area contributed by atoms with Gasteiger partial charge in [0, 0.05) is 12.7 Å². The second-order valence-corrected chi connectivity index (χ2v) is 8.40. The van der Waals surface area contributed by atoms with Gasteiger partial charge in [-0.1, -0.05) is 6.07 Å². The smallest absolute Gasteiger partial charge is 0.339 e. The molecule has 2 aromatic rings. The minimum absolute atomic E-state index is 0.159. The third kappa shape index (κ3) is 7.71.